The number of carbonyl (C=O) groups is 3. The van der Waals surface area contributed by atoms with Crippen LogP contribution in [0.15, 0.2) is 42.5 Å². The number of nitrogens with one attached hydrogen (secondary N) is 3. The molecule has 33 heavy (non-hydrogen) atoms. The summed E-state index contributed by atoms with van der Waals surface area (Å²) >= 11 is 0. The standard InChI is InChI=1S/C23H28FN5O4/c1-16(30)25-19-7-8-21(33-2)20(13-19)27-23(32)15-29-11-9-28(10-12-29)14-22(31)26-18-5-3-17(24)4-6-18/h3-8,13H,9-12,14-15H2,1-2H3,(H,25,30)(H,26,31)(H,27,32). The first-order valence-electron chi connectivity index (χ1n) is 10.6. The molecule has 10 heteroatoms. The highest BCUT2D eigenvalue weighted by Crippen LogP contribution is 2.27. The van der Waals surface area contributed by atoms with Gasteiger partial charge in [-0.2, -0.15) is 0 Å². The van der Waals surface area contributed by atoms with Gasteiger partial charge in [-0.3, -0.25) is 24.2 Å². The van der Waals surface area contributed by atoms with Crippen LogP contribution in [0.5, 0.6) is 5.75 Å². The molecular formula is C23H28FN5O4. The minimum atomic E-state index is -0.355. The van der Waals surface area contributed by atoms with Gasteiger partial charge >= 0.3 is 0 Å². The Bertz CT molecular complexity index is 991. The van der Waals surface area contributed by atoms with Crippen molar-refractivity contribution in [2.45, 2.75) is 6.92 Å². The van der Waals surface area contributed by atoms with Crippen molar-refractivity contribution in [3.05, 3.63) is 48.3 Å². The monoisotopic (exact) mass is 457 g/mol. The predicted octanol–water partition coefficient (Wildman–Crippen LogP) is 1.99. The van der Waals surface area contributed by atoms with Crippen molar-refractivity contribution < 1.29 is 23.5 Å². The predicted molar refractivity (Wildman–Crippen MR) is 124 cm³/mol. The van der Waals surface area contributed by atoms with Crippen molar-refractivity contribution in [1.82, 2.24) is 9.80 Å². The maximum Gasteiger partial charge on any atom is 0.238 e. The molecule has 2 aromatic carbocycles. The van der Waals surface area contributed by atoms with Gasteiger partial charge in [-0.25, -0.2) is 4.39 Å². The highest BCUT2D eigenvalue weighted by atomic mass is 19.1. The van der Waals surface area contributed by atoms with Crippen LogP contribution < -0.4 is 20.7 Å². The highest BCUT2D eigenvalue weighted by molar-refractivity contribution is 5.96. The summed E-state index contributed by atoms with van der Waals surface area (Å²) in [7, 11) is 1.51. The van der Waals surface area contributed by atoms with E-state index in [-0.39, 0.29) is 36.6 Å². The molecule has 3 N–H and O–H groups in total. The van der Waals surface area contributed by atoms with E-state index in [1.807, 2.05) is 9.80 Å². The minimum Gasteiger partial charge on any atom is -0.495 e. The number of benzene rings is 2. The summed E-state index contributed by atoms with van der Waals surface area (Å²) in [6.45, 7) is 4.40. The number of nitrogens with zero attached hydrogens (tertiary/aromatic N) is 2. The number of rotatable bonds is 8. The molecule has 1 fully saturated rings. The number of anilines is 3. The van der Waals surface area contributed by atoms with Crippen molar-refractivity contribution in [3.8, 4) is 5.75 Å². The third-order valence-corrected chi connectivity index (χ3v) is 5.12. The molecule has 3 rings (SSSR count). The molecule has 9 nitrogen and oxygen atoms in total. The second-order valence-electron chi connectivity index (χ2n) is 7.75. The lowest BCUT2D eigenvalue weighted by Crippen LogP contribution is -2.50. The Balaban J connectivity index is 1.45. The SMILES string of the molecule is COc1ccc(NC(C)=O)cc1NC(=O)CN1CCN(CC(=O)Nc2ccc(F)cc2)CC1. The van der Waals surface area contributed by atoms with E-state index >= 15 is 0 Å². The first kappa shape index (κ1) is 24.1. The molecule has 2 aromatic rings. The van der Waals surface area contributed by atoms with Gasteiger partial charge in [0.1, 0.15) is 11.6 Å². The average Bonchev–Trinajstić information content (AvgIpc) is 2.76. The molecule has 0 aromatic heterocycles. The molecule has 0 atom stereocenters. The first-order chi connectivity index (χ1) is 15.8. The second-order valence-corrected chi connectivity index (χ2v) is 7.75. The van der Waals surface area contributed by atoms with Crippen molar-refractivity contribution in [3.63, 3.8) is 0 Å². The molecule has 0 bridgehead atoms. The van der Waals surface area contributed by atoms with Gasteiger partial charge in [-0.05, 0) is 42.5 Å². The van der Waals surface area contributed by atoms with Crippen LogP contribution in [0, 0.1) is 5.82 Å². The number of hydrogen-bond acceptors (Lipinski definition) is 6. The minimum absolute atomic E-state index is 0.168. The number of hydrogen-bond donors (Lipinski definition) is 3. The summed E-state index contributed by atoms with van der Waals surface area (Å²) in [4.78, 5) is 40.1. The van der Waals surface area contributed by atoms with Gasteiger partial charge in [0.25, 0.3) is 0 Å². The maximum absolute atomic E-state index is 13.0. The lowest BCUT2D eigenvalue weighted by molar-refractivity contribution is -0.120. The van der Waals surface area contributed by atoms with E-state index in [0.717, 1.165) is 0 Å². The summed E-state index contributed by atoms with van der Waals surface area (Å²) in [6.07, 6.45) is 0. The van der Waals surface area contributed by atoms with E-state index in [1.165, 1.54) is 38.3 Å². The van der Waals surface area contributed by atoms with Crippen LogP contribution in [0.1, 0.15) is 6.92 Å². The lowest BCUT2D eigenvalue weighted by Gasteiger charge is -2.33. The van der Waals surface area contributed by atoms with E-state index in [4.69, 9.17) is 4.74 Å². The lowest BCUT2D eigenvalue weighted by atomic mass is 10.2. The second kappa shape index (κ2) is 11.4. The van der Waals surface area contributed by atoms with E-state index in [0.29, 0.717) is 49.0 Å². The Morgan fingerprint density at radius 1 is 0.848 bits per heavy atom. The highest BCUT2D eigenvalue weighted by Gasteiger charge is 2.21. The van der Waals surface area contributed by atoms with Crippen molar-refractivity contribution >= 4 is 34.8 Å². The molecule has 0 unspecified atom stereocenters. The molecule has 0 aliphatic carbocycles. The molecule has 0 saturated carbocycles. The van der Waals surface area contributed by atoms with E-state index in [9.17, 15) is 18.8 Å². The molecule has 1 saturated heterocycles. The molecule has 1 aliphatic heterocycles. The Hall–Kier alpha value is -3.50. The van der Waals surface area contributed by atoms with Crippen molar-refractivity contribution in [2.24, 2.45) is 0 Å². The fourth-order valence-corrected chi connectivity index (χ4v) is 3.52. The van der Waals surface area contributed by atoms with Gasteiger partial charge < -0.3 is 20.7 Å². The number of piperazine rings is 1. The van der Waals surface area contributed by atoms with E-state index < -0.39 is 0 Å². The van der Waals surface area contributed by atoms with Gasteiger partial charge in [-0.1, -0.05) is 0 Å². The number of carbonyl (C=O) groups excluding carboxylic acids is 3. The zero-order valence-electron chi connectivity index (χ0n) is 18.7. The number of methoxy groups -OCH3 is 1. The smallest absolute Gasteiger partial charge is 0.238 e. The van der Waals surface area contributed by atoms with Crippen LogP contribution >= 0.6 is 0 Å². The molecule has 176 valence electrons. The molecular weight excluding hydrogens is 429 g/mol. The van der Waals surface area contributed by atoms with Crippen LogP contribution in [0.3, 0.4) is 0 Å². The fraction of sp³-hybridized carbons (Fsp3) is 0.348. The third kappa shape index (κ3) is 7.55. The molecule has 0 spiro atoms. The van der Waals surface area contributed by atoms with Gasteiger partial charge in [0.2, 0.25) is 17.7 Å². The van der Waals surface area contributed by atoms with Crippen LogP contribution in [0.4, 0.5) is 21.5 Å². The topological polar surface area (TPSA) is 103 Å². The number of amides is 3. The van der Waals surface area contributed by atoms with Gasteiger partial charge in [0.05, 0.1) is 25.9 Å². The van der Waals surface area contributed by atoms with Crippen LogP contribution in [-0.2, 0) is 14.4 Å². The van der Waals surface area contributed by atoms with Crippen LogP contribution in [0.2, 0.25) is 0 Å². The summed E-state index contributed by atoms with van der Waals surface area (Å²) in [5.74, 6) is -0.433. The summed E-state index contributed by atoms with van der Waals surface area (Å²) in [5.41, 5.74) is 1.59. The summed E-state index contributed by atoms with van der Waals surface area (Å²) < 4.78 is 18.3. The first-order valence-corrected chi connectivity index (χ1v) is 10.6. The van der Waals surface area contributed by atoms with E-state index in [2.05, 4.69) is 16.0 Å². The van der Waals surface area contributed by atoms with Crippen LogP contribution in [-0.4, -0.2) is 73.9 Å². The molecule has 3 amide bonds. The average molecular weight is 458 g/mol. The van der Waals surface area contributed by atoms with Crippen molar-refractivity contribution in [1.29, 1.82) is 0 Å². The molecule has 1 aliphatic rings. The van der Waals surface area contributed by atoms with Gasteiger partial charge in [-0.15, -0.1) is 0 Å². The van der Waals surface area contributed by atoms with E-state index in [1.54, 1.807) is 18.2 Å². The normalized spacial score (nSPS) is 14.4. The van der Waals surface area contributed by atoms with Crippen molar-refractivity contribution in [2.75, 3.05) is 62.3 Å². The zero-order chi connectivity index (χ0) is 23.8. The van der Waals surface area contributed by atoms with Gasteiger partial charge in [0.15, 0.2) is 0 Å². The van der Waals surface area contributed by atoms with Crippen LogP contribution in [0.25, 0.3) is 0 Å². The largest absolute Gasteiger partial charge is 0.495 e. The summed E-state index contributed by atoms with van der Waals surface area (Å²) in [5, 5.41) is 8.27. The molecule has 0 radical (unpaired) electrons. The molecule has 1 heterocycles. The Morgan fingerprint density at radius 3 is 1.94 bits per heavy atom. The Labute approximate surface area is 191 Å². The number of halogens is 1. The number of ether oxygens (including phenoxy) is 1. The third-order valence-electron chi connectivity index (χ3n) is 5.12. The summed E-state index contributed by atoms with van der Waals surface area (Å²) in [6, 6.07) is 10.7. The van der Waals surface area contributed by atoms with Gasteiger partial charge in [0, 0.05) is 44.5 Å². The fourth-order valence-electron chi connectivity index (χ4n) is 3.52. The maximum atomic E-state index is 13.0. The zero-order valence-corrected chi connectivity index (χ0v) is 18.7. The quantitative estimate of drug-likeness (QED) is 0.560. The Kier molecular flexibility index (Phi) is 8.34. The Morgan fingerprint density at radius 2 is 1.39 bits per heavy atom.